The number of hydrogen-bond acceptors (Lipinski definition) is 1. The third-order valence-corrected chi connectivity index (χ3v) is 5.43. The van der Waals surface area contributed by atoms with Gasteiger partial charge in [0, 0.05) is 10.9 Å². The topological polar surface area (TPSA) is 12.9 Å². The van der Waals surface area contributed by atoms with Crippen molar-refractivity contribution in [2.45, 2.75) is 11.8 Å². The summed E-state index contributed by atoms with van der Waals surface area (Å²) in [5, 5.41) is 1.18. The van der Waals surface area contributed by atoms with Crippen molar-refractivity contribution in [3.8, 4) is 11.3 Å². The van der Waals surface area contributed by atoms with Gasteiger partial charge in [-0.25, -0.2) is 4.98 Å². The summed E-state index contributed by atoms with van der Waals surface area (Å²) in [6, 6.07) is 29.6. The summed E-state index contributed by atoms with van der Waals surface area (Å²) in [6.45, 7) is 2.12. The highest BCUT2D eigenvalue weighted by molar-refractivity contribution is 9.09. The summed E-state index contributed by atoms with van der Waals surface area (Å²) in [5.74, 6) is 0. The molecule has 1 aromatic heterocycles. The van der Waals surface area contributed by atoms with Gasteiger partial charge in [-0.15, -0.1) is 0 Å². The first kappa shape index (κ1) is 16.0. The highest BCUT2D eigenvalue weighted by Gasteiger charge is 2.18. The fraction of sp³-hybridized carbons (Fsp3) is 0.0870. The van der Waals surface area contributed by atoms with Gasteiger partial charge in [0.1, 0.15) is 0 Å². The fourth-order valence-corrected chi connectivity index (χ4v) is 3.79. The first-order valence-corrected chi connectivity index (χ1v) is 9.30. The van der Waals surface area contributed by atoms with Gasteiger partial charge in [0.2, 0.25) is 0 Å². The standard InChI is InChI=1S/C23H18BrN/c1-16-12-13-21-19(14-16)15-20(22(24)17-8-4-2-5-9-17)23(25-21)18-10-6-3-7-11-18/h2-15,22H,1H3. The lowest BCUT2D eigenvalue weighted by Crippen LogP contribution is -1.99. The Hall–Kier alpha value is -2.45. The van der Waals surface area contributed by atoms with E-state index >= 15 is 0 Å². The Bertz CT molecular complexity index is 1010. The molecule has 0 bridgehead atoms. The van der Waals surface area contributed by atoms with Gasteiger partial charge in [-0.1, -0.05) is 88.2 Å². The SMILES string of the molecule is Cc1ccc2nc(-c3ccccc3)c(C(Br)c3ccccc3)cc2c1. The average molecular weight is 388 g/mol. The van der Waals surface area contributed by atoms with E-state index in [4.69, 9.17) is 4.98 Å². The monoisotopic (exact) mass is 387 g/mol. The van der Waals surface area contributed by atoms with Crippen LogP contribution in [-0.4, -0.2) is 4.98 Å². The van der Waals surface area contributed by atoms with Crippen LogP contribution in [-0.2, 0) is 0 Å². The first-order valence-electron chi connectivity index (χ1n) is 8.38. The molecule has 0 aliphatic carbocycles. The Balaban J connectivity index is 1.96. The van der Waals surface area contributed by atoms with Crippen LogP contribution >= 0.6 is 15.9 Å². The molecule has 0 saturated carbocycles. The summed E-state index contributed by atoms with van der Waals surface area (Å²) in [6.07, 6.45) is 0. The molecular weight excluding hydrogens is 370 g/mol. The molecule has 1 unspecified atom stereocenters. The van der Waals surface area contributed by atoms with Crippen LogP contribution in [0.3, 0.4) is 0 Å². The van der Waals surface area contributed by atoms with Crippen molar-refractivity contribution in [2.75, 3.05) is 0 Å². The number of fused-ring (bicyclic) bond motifs is 1. The lowest BCUT2D eigenvalue weighted by atomic mass is 9.97. The highest BCUT2D eigenvalue weighted by Crippen LogP contribution is 2.38. The second-order valence-corrected chi connectivity index (χ2v) is 7.18. The van der Waals surface area contributed by atoms with Crippen molar-refractivity contribution in [3.63, 3.8) is 0 Å². The number of benzene rings is 3. The molecule has 0 fully saturated rings. The van der Waals surface area contributed by atoms with E-state index in [-0.39, 0.29) is 4.83 Å². The van der Waals surface area contributed by atoms with Gasteiger partial charge in [-0.2, -0.15) is 0 Å². The van der Waals surface area contributed by atoms with Crippen molar-refractivity contribution >= 4 is 26.8 Å². The van der Waals surface area contributed by atoms with Crippen molar-refractivity contribution in [1.29, 1.82) is 0 Å². The van der Waals surface area contributed by atoms with Gasteiger partial charge in [0.05, 0.1) is 16.0 Å². The zero-order chi connectivity index (χ0) is 17.2. The molecule has 0 aliphatic heterocycles. The minimum Gasteiger partial charge on any atom is -0.247 e. The van der Waals surface area contributed by atoms with Gasteiger partial charge in [-0.05, 0) is 36.2 Å². The molecule has 0 spiro atoms. The van der Waals surface area contributed by atoms with E-state index < -0.39 is 0 Å². The summed E-state index contributed by atoms with van der Waals surface area (Å²) >= 11 is 3.91. The van der Waals surface area contributed by atoms with Crippen molar-refractivity contribution < 1.29 is 0 Å². The highest BCUT2D eigenvalue weighted by atomic mass is 79.9. The third kappa shape index (κ3) is 3.22. The molecule has 4 aromatic rings. The van der Waals surface area contributed by atoms with Crippen LogP contribution in [0.15, 0.2) is 84.9 Å². The van der Waals surface area contributed by atoms with E-state index in [0.717, 1.165) is 16.8 Å². The van der Waals surface area contributed by atoms with E-state index in [1.807, 2.05) is 12.1 Å². The molecule has 2 heteroatoms. The molecule has 1 nitrogen and oxygen atoms in total. The second-order valence-electron chi connectivity index (χ2n) is 6.26. The third-order valence-electron chi connectivity index (χ3n) is 4.41. The van der Waals surface area contributed by atoms with Gasteiger partial charge in [0.25, 0.3) is 0 Å². The van der Waals surface area contributed by atoms with E-state index in [9.17, 15) is 0 Å². The molecule has 0 aliphatic rings. The van der Waals surface area contributed by atoms with E-state index in [1.54, 1.807) is 0 Å². The molecule has 4 rings (SSSR count). The number of alkyl halides is 1. The summed E-state index contributed by atoms with van der Waals surface area (Å²) in [5.41, 5.74) is 6.87. The number of nitrogens with zero attached hydrogens (tertiary/aromatic N) is 1. The minimum absolute atomic E-state index is 0.0984. The van der Waals surface area contributed by atoms with Crippen LogP contribution in [0.4, 0.5) is 0 Å². The normalized spacial score (nSPS) is 12.2. The predicted octanol–water partition coefficient (Wildman–Crippen LogP) is 6.69. The maximum absolute atomic E-state index is 5.00. The van der Waals surface area contributed by atoms with Crippen molar-refractivity contribution in [2.24, 2.45) is 0 Å². The Kier molecular flexibility index (Phi) is 4.37. The van der Waals surface area contributed by atoms with Gasteiger partial charge in [0.15, 0.2) is 0 Å². The van der Waals surface area contributed by atoms with E-state index in [0.29, 0.717) is 0 Å². The van der Waals surface area contributed by atoms with Crippen LogP contribution in [0, 0.1) is 6.92 Å². The molecule has 1 heterocycles. The number of aryl methyl sites for hydroxylation is 1. The van der Waals surface area contributed by atoms with E-state index in [1.165, 1.54) is 22.1 Å². The van der Waals surface area contributed by atoms with Crippen molar-refractivity contribution in [3.05, 3.63) is 102 Å². The molecule has 25 heavy (non-hydrogen) atoms. The predicted molar refractivity (Wildman–Crippen MR) is 109 cm³/mol. The molecule has 0 N–H and O–H groups in total. The molecule has 3 aromatic carbocycles. The Morgan fingerprint density at radius 1 is 0.800 bits per heavy atom. The van der Waals surface area contributed by atoms with Crippen LogP contribution in [0.25, 0.3) is 22.2 Å². The summed E-state index contributed by atoms with van der Waals surface area (Å²) < 4.78 is 0. The number of halogens is 1. The number of aromatic nitrogens is 1. The largest absolute Gasteiger partial charge is 0.247 e. The number of pyridine rings is 1. The van der Waals surface area contributed by atoms with Gasteiger partial charge < -0.3 is 0 Å². The van der Waals surface area contributed by atoms with Crippen LogP contribution in [0.5, 0.6) is 0 Å². The van der Waals surface area contributed by atoms with Gasteiger partial charge in [-0.3, -0.25) is 0 Å². The molecular formula is C23H18BrN. The Labute approximate surface area is 156 Å². The molecule has 0 saturated heterocycles. The van der Waals surface area contributed by atoms with E-state index in [2.05, 4.69) is 95.7 Å². The molecule has 1 atom stereocenters. The smallest absolute Gasteiger partial charge is 0.0756 e. The average Bonchev–Trinajstić information content (AvgIpc) is 2.67. The van der Waals surface area contributed by atoms with Crippen LogP contribution < -0.4 is 0 Å². The minimum atomic E-state index is 0.0984. The molecule has 0 radical (unpaired) electrons. The number of hydrogen-bond donors (Lipinski definition) is 0. The lowest BCUT2D eigenvalue weighted by Gasteiger charge is -2.17. The van der Waals surface area contributed by atoms with Gasteiger partial charge >= 0.3 is 0 Å². The van der Waals surface area contributed by atoms with Crippen molar-refractivity contribution in [1.82, 2.24) is 4.98 Å². The van der Waals surface area contributed by atoms with Crippen LogP contribution in [0.2, 0.25) is 0 Å². The number of rotatable bonds is 3. The van der Waals surface area contributed by atoms with Crippen LogP contribution in [0.1, 0.15) is 21.5 Å². The molecule has 0 amide bonds. The second kappa shape index (κ2) is 6.81. The Morgan fingerprint density at radius 3 is 2.20 bits per heavy atom. The zero-order valence-electron chi connectivity index (χ0n) is 14.0. The molecule has 122 valence electrons. The fourth-order valence-electron chi connectivity index (χ4n) is 3.13. The Morgan fingerprint density at radius 2 is 1.48 bits per heavy atom. The summed E-state index contributed by atoms with van der Waals surface area (Å²) in [7, 11) is 0. The lowest BCUT2D eigenvalue weighted by molar-refractivity contribution is 1.16. The maximum atomic E-state index is 5.00. The summed E-state index contributed by atoms with van der Waals surface area (Å²) in [4.78, 5) is 5.10. The maximum Gasteiger partial charge on any atom is 0.0756 e. The quantitative estimate of drug-likeness (QED) is 0.356. The first-order chi connectivity index (χ1) is 12.2. The zero-order valence-corrected chi connectivity index (χ0v) is 15.6.